The van der Waals surface area contributed by atoms with Gasteiger partial charge in [0.1, 0.15) is 0 Å². The van der Waals surface area contributed by atoms with Crippen molar-refractivity contribution in [2.45, 2.75) is 45.6 Å². The number of nitrogens with zero attached hydrogens (tertiary/aromatic N) is 2. The average Bonchev–Trinajstić information content (AvgIpc) is 3.45. The number of hydroxylamine groups is 1. The molecular weight excluding hydrogens is 468 g/mol. The standard InChI is InChI=1S/C29H30N4O4/c1-3-5-14-24(30-25-15-10-9-13-23(25)28(35)33-36-26(34)4-2)20-16-18-22(19-17-20)29-31-27(32-37-29)21-11-7-6-8-12-21/h6-13,15-19,24,30H,3-5,14H2,1-2H3,(H,33,35)/t24-/m0/s1. The summed E-state index contributed by atoms with van der Waals surface area (Å²) in [6.07, 6.45) is 3.09. The number of aromatic nitrogens is 2. The zero-order chi connectivity index (χ0) is 26.0. The van der Waals surface area contributed by atoms with Gasteiger partial charge in [-0.25, -0.2) is 4.79 Å². The molecule has 8 nitrogen and oxygen atoms in total. The number of anilines is 1. The van der Waals surface area contributed by atoms with Crippen LogP contribution in [0.15, 0.2) is 83.4 Å². The predicted molar refractivity (Wildman–Crippen MR) is 141 cm³/mol. The molecule has 0 aliphatic carbocycles. The first-order valence-corrected chi connectivity index (χ1v) is 12.4. The Morgan fingerprint density at radius 2 is 1.65 bits per heavy atom. The number of para-hydroxylation sites is 1. The molecule has 4 rings (SSSR count). The van der Waals surface area contributed by atoms with Gasteiger partial charge in [0.05, 0.1) is 11.6 Å². The quantitative estimate of drug-likeness (QED) is 0.246. The summed E-state index contributed by atoms with van der Waals surface area (Å²) in [5.74, 6) is 0.00530. The molecule has 2 N–H and O–H groups in total. The molecule has 0 saturated carbocycles. The van der Waals surface area contributed by atoms with Gasteiger partial charge in [-0.15, -0.1) is 0 Å². The van der Waals surface area contributed by atoms with Crippen LogP contribution in [-0.2, 0) is 9.63 Å². The van der Waals surface area contributed by atoms with E-state index in [0.29, 0.717) is 23.0 Å². The van der Waals surface area contributed by atoms with E-state index in [1.165, 1.54) is 0 Å². The summed E-state index contributed by atoms with van der Waals surface area (Å²) in [5.41, 5.74) is 6.06. The fourth-order valence-corrected chi connectivity index (χ4v) is 3.86. The topological polar surface area (TPSA) is 106 Å². The molecule has 1 heterocycles. The van der Waals surface area contributed by atoms with Crippen molar-refractivity contribution >= 4 is 17.6 Å². The predicted octanol–water partition coefficient (Wildman–Crippen LogP) is 6.35. The second-order valence-corrected chi connectivity index (χ2v) is 8.55. The minimum atomic E-state index is -0.503. The lowest BCUT2D eigenvalue weighted by Gasteiger charge is -2.22. The number of nitrogens with one attached hydrogen (secondary N) is 2. The molecule has 0 aliphatic rings. The molecular formula is C29H30N4O4. The number of hydrogen-bond donors (Lipinski definition) is 2. The van der Waals surface area contributed by atoms with Crippen LogP contribution in [0.2, 0.25) is 0 Å². The number of amides is 1. The second-order valence-electron chi connectivity index (χ2n) is 8.55. The molecule has 0 fully saturated rings. The summed E-state index contributed by atoms with van der Waals surface area (Å²) in [5, 5.41) is 7.62. The molecule has 0 radical (unpaired) electrons. The zero-order valence-electron chi connectivity index (χ0n) is 20.9. The summed E-state index contributed by atoms with van der Waals surface area (Å²) in [4.78, 5) is 33.5. The molecule has 1 aromatic heterocycles. The third-order valence-corrected chi connectivity index (χ3v) is 5.91. The highest BCUT2D eigenvalue weighted by molar-refractivity contribution is 5.99. The van der Waals surface area contributed by atoms with E-state index in [-0.39, 0.29) is 12.5 Å². The normalized spacial score (nSPS) is 11.5. The first-order valence-electron chi connectivity index (χ1n) is 12.4. The minimum absolute atomic E-state index is 0.0382. The highest BCUT2D eigenvalue weighted by atomic mass is 16.7. The monoisotopic (exact) mass is 498 g/mol. The average molecular weight is 499 g/mol. The van der Waals surface area contributed by atoms with Crippen molar-refractivity contribution in [3.63, 3.8) is 0 Å². The number of carbonyl (C=O) groups excluding carboxylic acids is 2. The first-order chi connectivity index (χ1) is 18.1. The van der Waals surface area contributed by atoms with Gasteiger partial charge in [0.15, 0.2) is 0 Å². The molecule has 3 aromatic carbocycles. The Morgan fingerprint density at radius 3 is 2.38 bits per heavy atom. The van der Waals surface area contributed by atoms with Crippen molar-refractivity contribution in [2.24, 2.45) is 0 Å². The molecule has 190 valence electrons. The lowest BCUT2D eigenvalue weighted by atomic mass is 9.98. The Morgan fingerprint density at radius 1 is 0.919 bits per heavy atom. The molecule has 0 unspecified atom stereocenters. The van der Waals surface area contributed by atoms with Crippen LogP contribution < -0.4 is 10.8 Å². The van der Waals surface area contributed by atoms with Crippen LogP contribution in [0, 0.1) is 0 Å². The van der Waals surface area contributed by atoms with Gasteiger partial charge < -0.3 is 14.7 Å². The van der Waals surface area contributed by atoms with Crippen molar-refractivity contribution in [3.8, 4) is 22.8 Å². The van der Waals surface area contributed by atoms with Gasteiger partial charge >= 0.3 is 5.97 Å². The van der Waals surface area contributed by atoms with Crippen LogP contribution in [0.1, 0.15) is 61.5 Å². The Bertz CT molecular complexity index is 1320. The van der Waals surface area contributed by atoms with E-state index in [1.54, 1.807) is 19.1 Å². The molecule has 0 saturated heterocycles. The van der Waals surface area contributed by atoms with Gasteiger partial charge in [-0.05, 0) is 36.2 Å². The Balaban J connectivity index is 1.52. The molecule has 0 aliphatic heterocycles. The molecule has 37 heavy (non-hydrogen) atoms. The fourth-order valence-electron chi connectivity index (χ4n) is 3.86. The van der Waals surface area contributed by atoms with E-state index in [2.05, 4.69) is 27.9 Å². The van der Waals surface area contributed by atoms with Crippen molar-refractivity contribution in [1.82, 2.24) is 15.6 Å². The zero-order valence-corrected chi connectivity index (χ0v) is 20.9. The summed E-state index contributed by atoms with van der Waals surface area (Å²) in [6.45, 7) is 3.80. The maximum absolute atomic E-state index is 12.7. The van der Waals surface area contributed by atoms with Gasteiger partial charge in [0, 0.05) is 23.2 Å². The highest BCUT2D eigenvalue weighted by Gasteiger charge is 2.18. The van der Waals surface area contributed by atoms with Crippen LogP contribution in [0.25, 0.3) is 22.8 Å². The summed E-state index contributed by atoms with van der Waals surface area (Å²) in [7, 11) is 0. The van der Waals surface area contributed by atoms with Crippen LogP contribution in [0.5, 0.6) is 0 Å². The molecule has 4 aromatic rings. The van der Waals surface area contributed by atoms with Gasteiger partial charge in [-0.1, -0.05) is 86.4 Å². The van der Waals surface area contributed by atoms with Crippen LogP contribution in [0.4, 0.5) is 5.69 Å². The lowest BCUT2D eigenvalue weighted by Crippen LogP contribution is -2.27. The van der Waals surface area contributed by atoms with Crippen molar-refractivity contribution in [1.29, 1.82) is 0 Å². The largest absolute Gasteiger partial charge is 0.378 e. The molecule has 8 heteroatoms. The van der Waals surface area contributed by atoms with Crippen LogP contribution >= 0.6 is 0 Å². The summed E-state index contributed by atoms with van der Waals surface area (Å²) >= 11 is 0. The number of carbonyl (C=O) groups is 2. The Kier molecular flexibility index (Phi) is 8.65. The SMILES string of the molecule is CCCC[C@H](Nc1ccccc1C(=O)NOC(=O)CC)c1ccc(-c2nc(-c3ccccc3)no2)cc1. The van der Waals surface area contributed by atoms with Crippen LogP contribution in [-0.4, -0.2) is 22.0 Å². The smallest absolute Gasteiger partial charge is 0.331 e. The number of hydrogen-bond acceptors (Lipinski definition) is 7. The Labute approximate surface area is 216 Å². The molecule has 1 amide bonds. The van der Waals surface area contributed by atoms with Gasteiger partial charge in [-0.3, -0.25) is 4.79 Å². The van der Waals surface area contributed by atoms with E-state index in [4.69, 9.17) is 9.36 Å². The maximum Gasteiger partial charge on any atom is 0.331 e. The number of unbranched alkanes of at least 4 members (excludes halogenated alkanes) is 1. The van der Waals surface area contributed by atoms with E-state index >= 15 is 0 Å². The lowest BCUT2D eigenvalue weighted by molar-refractivity contribution is -0.148. The second kappa shape index (κ2) is 12.5. The van der Waals surface area contributed by atoms with E-state index in [9.17, 15) is 9.59 Å². The molecule has 1 atom stereocenters. The molecule has 0 spiro atoms. The summed E-state index contributed by atoms with van der Waals surface area (Å²) < 4.78 is 5.50. The van der Waals surface area contributed by atoms with E-state index in [0.717, 1.165) is 36.0 Å². The number of benzene rings is 3. The maximum atomic E-state index is 12.7. The van der Waals surface area contributed by atoms with Crippen LogP contribution in [0.3, 0.4) is 0 Å². The highest BCUT2D eigenvalue weighted by Crippen LogP contribution is 2.29. The third kappa shape index (κ3) is 6.61. The van der Waals surface area contributed by atoms with Gasteiger partial charge in [0.2, 0.25) is 5.82 Å². The Hall–Kier alpha value is -4.46. The van der Waals surface area contributed by atoms with E-state index < -0.39 is 11.9 Å². The minimum Gasteiger partial charge on any atom is -0.378 e. The molecule has 0 bridgehead atoms. The van der Waals surface area contributed by atoms with Crippen molar-refractivity contribution in [3.05, 3.63) is 90.0 Å². The summed E-state index contributed by atoms with van der Waals surface area (Å²) in [6, 6.07) is 24.8. The van der Waals surface area contributed by atoms with Crippen molar-refractivity contribution < 1.29 is 18.9 Å². The van der Waals surface area contributed by atoms with Gasteiger partial charge in [0.25, 0.3) is 11.8 Å². The van der Waals surface area contributed by atoms with E-state index in [1.807, 2.05) is 66.7 Å². The van der Waals surface area contributed by atoms with Gasteiger partial charge in [-0.2, -0.15) is 10.5 Å². The third-order valence-electron chi connectivity index (χ3n) is 5.91. The fraction of sp³-hybridized carbons (Fsp3) is 0.241. The van der Waals surface area contributed by atoms with Crippen molar-refractivity contribution in [2.75, 3.05) is 5.32 Å². The number of rotatable bonds is 10. The first kappa shape index (κ1) is 25.6.